The normalized spacial score (nSPS) is 11.4. The lowest BCUT2D eigenvalue weighted by molar-refractivity contribution is 1.25. The molecular formula is C22H20. The molecule has 0 amide bonds. The van der Waals surface area contributed by atoms with Crippen LogP contribution < -0.4 is 0 Å². The summed E-state index contributed by atoms with van der Waals surface area (Å²) in [5.74, 6) is 0. The van der Waals surface area contributed by atoms with Crippen molar-refractivity contribution >= 4 is 11.6 Å². The highest BCUT2D eigenvalue weighted by atomic mass is 14.1. The summed E-state index contributed by atoms with van der Waals surface area (Å²) in [7, 11) is 0. The van der Waals surface area contributed by atoms with Crippen LogP contribution in [0.4, 0.5) is 0 Å². The summed E-state index contributed by atoms with van der Waals surface area (Å²) < 4.78 is 0. The van der Waals surface area contributed by atoms with Crippen molar-refractivity contribution in [2.45, 2.75) is 13.3 Å². The summed E-state index contributed by atoms with van der Waals surface area (Å²) in [6.07, 6.45) is 3.30. The van der Waals surface area contributed by atoms with Crippen LogP contribution in [0.25, 0.3) is 22.8 Å². The van der Waals surface area contributed by atoms with E-state index in [1.54, 1.807) is 0 Å². The van der Waals surface area contributed by atoms with Gasteiger partial charge in [0.05, 0.1) is 0 Å². The van der Waals surface area contributed by atoms with Crippen molar-refractivity contribution < 1.29 is 0 Å². The molecule has 0 saturated heterocycles. The van der Waals surface area contributed by atoms with Crippen LogP contribution in [0, 0.1) is 0 Å². The van der Waals surface area contributed by atoms with Crippen LogP contribution in [0.15, 0.2) is 84.9 Å². The molecule has 0 unspecified atom stereocenters. The van der Waals surface area contributed by atoms with Gasteiger partial charge in [0.15, 0.2) is 0 Å². The predicted molar refractivity (Wildman–Crippen MR) is 96.5 cm³/mol. The Balaban J connectivity index is 1.90. The molecule has 0 aliphatic carbocycles. The van der Waals surface area contributed by atoms with Crippen molar-refractivity contribution in [1.29, 1.82) is 0 Å². The van der Waals surface area contributed by atoms with E-state index in [0.717, 1.165) is 6.42 Å². The second-order valence-corrected chi connectivity index (χ2v) is 5.38. The third-order valence-electron chi connectivity index (χ3n) is 3.88. The maximum absolute atomic E-state index is 2.28. The van der Waals surface area contributed by atoms with Crippen LogP contribution in [0.1, 0.15) is 24.5 Å². The Bertz CT molecular complexity index is 735. The van der Waals surface area contributed by atoms with E-state index in [1.807, 2.05) is 0 Å². The third-order valence-corrected chi connectivity index (χ3v) is 3.88. The van der Waals surface area contributed by atoms with E-state index in [-0.39, 0.29) is 0 Å². The first-order valence-corrected chi connectivity index (χ1v) is 7.78. The van der Waals surface area contributed by atoms with Crippen LogP contribution in [0.3, 0.4) is 0 Å². The molecule has 0 heteroatoms. The van der Waals surface area contributed by atoms with Crippen molar-refractivity contribution in [3.05, 3.63) is 96.1 Å². The first-order valence-electron chi connectivity index (χ1n) is 7.78. The van der Waals surface area contributed by atoms with Crippen LogP contribution in [0.2, 0.25) is 0 Å². The van der Waals surface area contributed by atoms with Gasteiger partial charge in [0.1, 0.15) is 0 Å². The Morgan fingerprint density at radius 2 is 1.23 bits per heavy atom. The molecule has 0 fully saturated rings. The molecular weight excluding hydrogens is 264 g/mol. The highest BCUT2D eigenvalue weighted by Crippen LogP contribution is 2.25. The summed E-state index contributed by atoms with van der Waals surface area (Å²) in [5, 5.41) is 0. The fraction of sp³-hybridized carbons (Fsp3) is 0.0909. The van der Waals surface area contributed by atoms with Crippen LogP contribution in [-0.2, 0) is 0 Å². The van der Waals surface area contributed by atoms with E-state index in [2.05, 4.69) is 97.9 Å². The second-order valence-electron chi connectivity index (χ2n) is 5.38. The Labute approximate surface area is 132 Å². The fourth-order valence-electron chi connectivity index (χ4n) is 2.65. The number of hydrogen-bond donors (Lipinski definition) is 0. The zero-order chi connectivity index (χ0) is 15.2. The molecule has 0 nitrogen and oxygen atoms in total. The molecule has 3 aromatic carbocycles. The Kier molecular flexibility index (Phi) is 4.50. The van der Waals surface area contributed by atoms with Crippen molar-refractivity contribution in [2.75, 3.05) is 0 Å². The molecule has 0 aromatic heterocycles. The van der Waals surface area contributed by atoms with Crippen molar-refractivity contribution in [3.63, 3.8) is 0 Å². The van der Waals surface area contributed by atoms with Gasteiger partial charge in [-0.2, -0.15) is 0 Å². The fourth-order valence-corrected chi connectivity index (χ4v) is 2.65. The molecule has 0 saturated carbocycles. The summed E-state index contributed by atoms with van der Waals surface area (Å²) in [5.41, 5.74) is 6.45. The lowest BCUT2D eigenvalue weighted by Crippen LogP contribution is -1.85. The topological polar surface area (TPSA) is 0 Å². The highest BCUT2D eigenvalue weighted by Gasteiger charge is 2.01. The van der Waals surface area contributed by atoms with Gasteiger partial charge in [0, 0.05) is 0 Å². The number of hydrogen-bond acceptors (Lipinski definition) is 0. The summed E-state index contributed by atoms with van der Waals surface area (Å²) >= 11 is 0. The van der Waals surface area contributed by atoms with Gasteiger partial charge in [0.2, 0.25) is 0 Å². The molecule has 0 N–H and O–H groups in total. The first kappa shape index (κ1) is 14.3. The molecule has 22 heavy (non-hydrogen) atoms. The molecule has 3 aromatic rings. The van der Waals surface area contributed by atoms with E-state index >= 15 is 0 Å². The summed E-state index contributed by atoms with van der Waals surface area (Å²) in [6, 6.07) is 29.9. The molecule has 0 bridgehead atoms. The lowest BCUT2D eigenvalue weighted by atomic mass is 9.97. The Morgan fingerprint density at radius 3 is 1.82 bits per heavy atom. The zero-order valence-corrected chi connectivity index (χ0v) is 12.9. The Hall–Kier alpha value is -2.60. The maximum Gasteiger partial charge on any atom is -0.0184 e. The van der Waals surface area contributed by atoms with E-state index < -0.39 is 0 Å². The van der Waals surface area contributed by atoms with Crippen LogP contribution >= 0.6 is 0 Å². The molecule has 3 rings (SSSR count). The lowest BCUT2D eigenvalue weighted by Gasteiger charge is -2.08. The minimum absolute atomic E-state index is 1.03. The minimum atomic E-state index is 1.03. The van der Waals surface area contributed by atoms with Crippen LogP contribution in [-0.4, -0.2) is 0 Å². The average molecular weight is 284 g/mol. The van der Waals surface area contributed by atoms with Gasteiger partial charge in [-0.1, -0.05) is 97.9 Å². The zero-order valence-electron chi connectivity index (χ0n) is 12.9. The van der Waals surface area contributed by atoms with Gasteiger partial charge in [-0.05, 0) is 34.2 Å². The van der Waals surface area contributed by atoms with Gasteiger partial charge >= 0.3 is 0 Å². The molecule has 0 atom stereocenters. The smallest absolute Gasteiger partial charge is 0.0184 e. The molecule has 0 spiro atoms. The molecule has 0 radical (unpaired) electrons. The van der Waals surface area contributed by atoms with Gasteiger partial charge in [-0.3, -0.25) is 0 Å². The highest BCUT2D eigenvalue weighted by molar-refractivity contribution is 5.82. The first-order chi connectivity index (χ1) is 10.9. The van der Waals surface area contributed by atoms with Gasteiger partial charge in [0.25, 0.3) is 0 Å². The molecule has 108 valence electrons. The predicted octanol–water partition coefficient (Wildman–Crippen LogP) is 6.30. The number of rotatable bonds is 4. The van der Waals surface area contributed by atoms with Crippen LogP contribution in [0.5, 0.6) is 0 Å². The standard InChI is InChI=1S/C22H20/c1-2-19(17-18-9-5-3-6-10-18)21-13-15-22(16-14-21)20-11-7-4-8-12-20/h3-17H,2H2,1H3. The SMILES string of the molecule is CCC(=Cc1ccccc1)c1ccc(-c2ccccc2)cc1. The largest absolute Gasteiger partial charge is 0.0622 e. The van der Waals surface area contributed by atoms with Crippen molar-refractivity contribution in [2.24, 2.45) is 0 Å². The molecule has 0 aliphatic rings. The van der Waals surface area contributed by atoms with Gasteiger partial charge < -0.3 is 0 Å². The molecule has 0 aliphatic heterocycles. The quantitative estimate of drug-likeness (QED) is 0.493. The maximum atomic E-state index is 2.28. The monoisotopic (exact) mass is 284 g/mol. The summed E-state index contributed by atoms with van der Waals surface area (Å²) in [6.45, 7) is 2.21. The minimum Gasteiger partial charge on any atom is -0.0622 e. The van der Waals surface area contributed by atoms with E-state index in [9.17, 15) is 0 Å². The van der Waals surface area contributed by atoms with E-state index in [0.29, 0.717) is 0 Å². The third kappa shape index (κ3) is 3.35. The van der Waals surface area contributed by atoms with Gasteiger partial charge in [-0.25, -0.2) is 0 Å². The summed E-state index contributed by atoms with van der Waals surface area (Å²) in [4.78, 5) is 0. The van der Waals surface area contributed by atoms with Crippen molar-refractivity contribution in [3.8, 4) is 11.1 Å². The number of allylic oxidation sites excluding steroid dienone is 1. The van der Waals surface area contributed by atoms with E-state index in [1.165, 1.54) is 27.8 Å². The van der Waals surface area contributed by atoms with Crippen molar-refractivity contribution in [1.82, 2.24) is 0 Å². The number of benzene rings is 3. The Morgan fingerprint density at radius 1 is 0.682 bits per heavy atom. The van der Waals surface area contributed by atoms with E-state index in [4.69, 9.17) is 0 Å². The van der Waals surface area contributed by atoms with Gasteiger partial charge in [-0.15, -0.1) is 0 Å². The molecule has 0 heterocycles. The average Bonchev–Trinajstić information content (AvgIpc) is 2.61. The second kappa shape index (κ2) is 6.91.